The highest BCUT2D eigenvalue weighted by atomic mass is 35.5. The molecule has 0 aliphatic carbocycles. The molecule has 0 aromatic heterocycles. The number of carbonyl (C=O) groups excluding carboxylic acids is 2. The maximum atomic E-state index is 11.9. The summed E-state index contributed by atoms with van der Waals surface area (Å²) in [7, 11) is 1.52. The van der Waals surface area contributed by atoms with Crippen molar-refractivity contribution in [2.45, 2.75) is 26.3 Å². The maximum Gasteiger partial charge on any atom is 0.252 e. The van der Waals surface area contributed by atoms with Crippen LogP contribution in [0.15, 0.2) is 18.2 Å². The third-order valence-electron chi connectivity index (χ3n) is 2.77. The Morgan fingerprint density at radius 3 is 2.55 bits per heavy atom. The number of nitrogens with one attached hydrogen (secondary N) is 2. The van der Waals surface area contributed by atoms with Crippen molar-refractivity contribution in [2.75, 3.05) is 12.4 Å². The number of nitrogens with two attached hydrogens (primary N) is 1. The SMILES string of the molecule is CNC(=O)c1cc(NC(=O)C(N)CC(C)C)ccc1Cl. The van der Waals surface area contributed by atoms with Gasteiger partial charge in [-0.05, 0) is 30.5 Å². The predicted molar refractivity (Wildman–Crippen MR) is 80.9 cm³/mol. The Labute approximate surface area is 123 Å². The van der Waals surface area contributed by atoms with E-state index >= 15 is 0 Å². The molecule has 0 bridgehead atoms. The minimum absolute atomic E-state index is 0.274. The summed E-state index contributed by atoms with van der Waals surface area (Å²) in [6.45, 7) is 4.00. The van der Waals surface area contributed by atoms with Crippen LogP contribution in [0.2, 0.25) is 5.02 Å². The molecular weight excluding hydrogens is 278 g/mol. The summed E-state index contributed by atoms with van der Waals surface area (Å²) in [6, 6.07) is 4.15. The first-order valence-electron chi connectivity index (χ1n) is 6.43. The number of rotatable bonds is 5. The first kappa shape index (κ1) is 16.5. The Hall–Kier alpha value is -1.59. The van der Waals surface area contributed by atoms with Crippen LogP contribution in [0.4, 0.5) is 5.69 Å². The van der Waals surface area contributed by atoms with Crippen molar-refractivity contribution in [2.24, 2.45) is 11.7 Å². The molecule has 0 aliphatic heterocycles. The number of amides is 2. The second kappa shape index (κ2) is 7.26. The highest BCUT2D eigenvalue weighted by molar-refractivity contribution is 6.34. The number of hydrogen-bond acceptors (Lipinski definition) is 3. The molecule has 1 aromatic rings. The van der Waals surface area contributed by atoms with Gasteiger partial charge in [-0.25, -0.2) is 0 Å². The number of halogens is 1. The molecule has 6 heteroatoms. The molecule has 0 aliphatic rings. The van der Waals surface area contributed by atoms with Crippen molar-refractivity contribution in [3.63, 3.8) is 0 Å². The lowest BCUT2D eigenvalue weighted by Crippen LogP contribution is -2.36. The Morgan fingerprint density at radius 1 is 1.35 bits per heavy atom. The molecule has 0 fully saturated rings. The smallest absolute Gasteiger partial charge is 0.252 e. The molecule has 0 spiro atoms. The molecule has 0 radical (unpaired) electrons. The van der Waals surface area contributed by atoms with Crippen molar-refractivity contribution >= 4 is 29.1 Å². The highest BCUT2D eigenvalue weighted by Crippen LogP contribution is 2.20. The van der Waals surface area contributed by atoms with Gasteiger partial charge in [-0.3, -0.25) is 9.59 Å². The topological polar surface area (TPSA) is 84.2 Å². The summed E-state index contributed by atoms with van der Waals surface area (Å²) < 4.78 is 0. The quantitative estimate of drug-likeness (QED) is 0.777. The number of hydrogen-bond donors (Lipinski definition) is 3. The summed E-state index contributed by atoms with van der Waals surface area (Å²) in [4.78, 5) is 23.5. The maximum absolute atomic E-state index is 11.9. The van der Waals surface area contributed by atoms with Gasteiger partial charge in [0.15, 0.2) is 0 Å². The standard InChI is InChI=1S/C14H20ClN3O2/c1-8(2)6-12(16)14(20)18-9-4-5-11(15)10(7-9)13(19)17-3/h4-5,7-8,12H,6,16H2,1-3H3,(H,17,19)(H,18,20). The lowest BCUT2D eigenvalue weighted by Gasteiger charge is -2.14. The molecule has 2 amide bonds. The average molecular weight is 298 g/mol. The van der Waals surface area contributed by atoms with Crippen LogP contribution in [0, 0.1) is 5.92 Å². The van der Waals surface area contributed by atoms with Crippen molar-refractivity contribution in [3.05, 3.63) is 28.8 Å². The molecule has 1 unspecified atom stereocenters. The van der Waals surface area contributed by atoms with E-state index in [2.05, 4.69) is 10.6 Å². The lowest BCUT2D eigenvalue weighted by molar-refractivity contribution is -0.117. The second-order valence-corrected chi connectivity index (χ2v) is 5.41. The van der Waals surface area contributed by atoms with Gasteiger partial charge in [-0.1, -0.05) is 25.4 Å². The molecule has 0 saturated carbocycles. The van der Waals surface area contributed by atoms with Crippen LogP contribution in [0.3, 0.4) is 0 Å². The summed E-state index contributed by atoms with van der Waals surface area (Å²) in [6.07, 6.45) is 0.599. The second-order valence-electron chi connectivity index (χ2n) is 5.00. The van der Waals surface area contributed by atoms with E-state index in [0.29, 0.717) is 28.6 Å². The molecule has 5 nitrogen and oxygen atoms in total. The molecule has 1 atom stereocenters. The van der Waals surface area contributed by atoms with E-state index < -0.39 is 6.04 Å². The first-order chi connectivity index (χ1) is 9.35. The van der Waals surface area contributed by atoms with Gasteiger partial charge in [0.1, 0.15) is 0 Å². The minimum Gasteiger partial charge on any atom is -0.355 e. The van der Waals surface area contributed by atoms with E-state index in [9.17, 15) is 9.59 Å². The van der Waals surface area contributed by atoms with E-state index in [-0.39, 0.29) is 11.8 Å². The van der Waals surface area contributed by atoms with Gasteiger partial charge in [0.25, 0.3) is 5.91 Å². The van der Waals surface area contributed by atoms with Gasteiger partial charge in [0.05, 0.1) is 16.6 Å². The fourth-order valence-electron chi connectivity index (χ4n) is 1.76. The zero-order valence-corrected chi connectivity index (χ0v) is 12.6. The molecule has 1 rings (SSSR count). The Balaban J connectivity index is 2.83. The van der Waals surface area contributed by atoms with Crippen molar-refractivity contribution in [1.82, 2.24) is 5.32 Å². The largest absolute Gasteiger partial charge is 0.355 e. The third kappa shape index (κ3) is 4.51. The molecule has 4 N–H and O–H groups in total. The van der Waals surface area contributed by atoms with Gasteiger partial charge in [0.2, 0.25) is 5.91 Å². The van der Waals surface area contributed by atoms with Crippen LogP contribution in [-0.2, 0) is 4.79 Å². The normalized spacial score (nSPS) is 12.1. The van der Waals surface area contributed by atoms with Crippen LogP contribution < -0.4 is 16.4 Å². The van der Waals surface area contributed by atoms with Crippen molar-refractivity contribution in [1.29, 1.82) is 0 Å². The summed E-state index contributed by atoms with van der Waals surface area (Å²) in [5.74, 6) is -0.246. The molecule has 110 valence electrons. The lowest BCUT2D eigenvalue weighted by atomic mass is 10.0. The van der Waals surface area contributed by atoms with Crippen LogP contribution in [0.5, 0.6) is 0 Å². The van der Waals surface area contributed by atoms with Gasteiger partial charge in [0, 0.05) is 12.7 Å². The molecule has 20 heavy (non-hydrogen) atoms. The van der Waals surface area contributed by atoms with Crippen LogP contribution in [0.1, 0.15) is 30.6 Å². The van der Waals surface area contributed by atoms with E-state index in [1.165, 1.54) is 13.1 Å². The van der Waals surface area contributed by atoms with E-state index in [1.54, 1.807) is 12.1 Å². The van der Waals surface area contributed by atoms with Gasteiger partial charge < -0.3 is 16.4 Å². The van der Waals surface area contributed by atoms with E-state index in [4.69, 9.17) is 17.3 Å². The van der Waals surface area contributed by atoms with Crippen molar-refractivity contribution in [3.8, 4) is 0 Å². The van der Waals surface area contributed by atoms with Gasteiger partial charge in [-0.15, -0.1) is 0 Å². The first-order valence-corrected chi connectivity index (χ1v) is 6.81. The average Bonchev–Trinajstić information content (AvgIpc) is 2.39. The molecule has 0 heterocycles. The Bertz CT molecular complexity index is 503. The molecule has 1 aromatic carbocycles. The fourth-order valence-corrected chi connectivity index (χ4v) is 1.96. The third-order valence-corrected chi connectivity index (χ3v) is 3.10. The highest BCUT2D eigenvalue weighted by Gasteiger charge is 2.16. The number of anilines is 1. The van der Waals surface area contributed by atoms with E-state index in [1.807, 2.05) is 13.8 Å². The zero-order chi connectivity index (χ0) is 15.3. The Kier molecular flexibility index (Phi) is 5.98. The van der Waals surface area contributed by atoms with Crippen LogP contribution in [0.25, 0.3) is 0 Å². The monoisotopic (exact) mass is 297 g/mol. The zero-order valence-electron chi connectivity index (χ0n) is 11.9. The van der Waals surface area contributed by atoms with E-state index in [0.717, 1.165) is 0 Å². The fraction of sp³-hybridized carbons (Fsp3) is 0.429. The van der Waals surface area contributed by atoms with Crippen LogP contribution >= 0.6 is 11.6 Å². The molecular formula is C14H20ClN3O2. The Morgan fingerprint density at radius 2 is 2.00 bits per heavy atom. The van der Waals surface area contributed by atoms with Crippen LogP contribution in [-0.4, -0.2) is 24.9 Å². The van der Waals surface area contributed by atoms with Crippen molar-refractivity contribution < 1.29 is 9.59 Å². The number of carbonyl (C=O) groups is 2. The predicted octanol–water partition coefficient (Wildman–Crippen LogP) is 2.01. The summed E-state index contributed by atoms with van der Waals surface area (Å²) >= 11 is 5.94. The minimum atomic E-state index is -0.575. The summed E-state index contributed by atoms with van der Waals surface area (Å²) in [5.41, 5.74) is 6.61. The van der Waals surface area contributed by atoms with Gasteiger partial charge >= 0.3 is 0 Å². The number of benzene rings is 1. The molecule has 0 saturated heterocycles. The van der Waals surface area contributed by atoms with Gasteiger partial charge in [-0.2, -0.15) is 0 Å². The summed E-state index contributed by atoms with van der Waals surface area (Å²) in [5, 5.41) is 5.51.